The molecule has 0 saturated carbocycles. The maximum Gasteiger partial charge on any atom is 0.353 e. The van der Waals surface area contributed by atoms with E-state index < -0.39 is 5.97 Å². The highest BCUT2D eigenvalue weighted by molar-refractivity contribution is 7.12. The van der Waals surface area contributed by atoms with Crippen LogP contribution in [0.4, 0.5) is 0 Å². The van der Waals surface area contributed by atoms with Gasteiger partial charge in [-0.2, -0.15) is 0 Å². The molecular formula is C24H20O5S. The van der Waals surface area contributed by atoms with Crippen LogP contribution < -0.4 is 14.9 Å². The van der Waals surface area contributed by atoms with Crippen molar-refractivity contribution in [2.45, 2.75) is 20.8 Å². The van der Waals surface area contributed by atoms with Gasteiger partial charge in [0.15, 0.2) is 5.43 Å². The number of carbonyl (C=O) groups excluding carboxylic acids is 1. The molecule has 0 bridgehead atoms. The molecule has 0 amide bonds. The Labute approximate surface area is 177 Å². The number of fused-ring (bicyclic) bond motifs is 1. The molecule has 0 N–H and O–H groups in total. The lowest BCUT2D eigenvalue weighted by atomic mass is 10.1. The molecule has 2 heterocycles. The van der Waals surface area contributed by atoms with E-state index in [4.69, 9.17) is 13.9 Å². The van der Waals surface area contributed by atoms with Gasteiger partial charge >= 0.3 is 5.97 Å². The van der Waals surface area contributed by atoms with Crippen LogP contribution in [0.15, 0.2) is 63.1 Å². The summed E-state index contributed by atoms with van der Waals surface area (Å²) >= 11 is 1.33. The van der Waals surface area contributed by atoms with Gasteiger partial charge in [-0.3, -0.25) is 4.79 Å². The van der Waals surface area contributed by atoms with Crippen LogP contribution in [0.25, 0.3) is 21.9 Å². The van der Waals surface area contributed by atoms with Crippen LogP contribution in [-0.4, -0.2) is 12.6 Å². The molecule has 0 fully saturated rings. The zero-order chi connectivity index (χ0) is 21.3. The third-order valence-corrected chi connectivity index (χ3v) is 5.60. The predicted octanol–water partition coefficient (Wildman–Crippen LogP) is 5.76. The van der Waals surface area contributed by atoms with E-state index in [9.17, 15) is 9.59 Å². The van der Waals surface area contributed by atoms with Crippen molar-refractivity contribution in [3.05, 3.63) is 80.5 Å². The summed E-state index contributed by atoms with van der Waals surface area (Å²) in [5.74, 6) is 1.88. The van der Waals surface area contributed by atoms with Crippen molar-refractivity contribution in [3.8, 4) is 22.6 Å². The summed E-state index contributed by atoms with van der Waals surface area (Å²) in [4.78, 5) is 25.6. The van der Waals surface area contributed by atoms with Crippen molar-refractivity contribution in [1.29, 1.82) is 0 Å². The first-order chi connectivity index (χ1) is 14.5. The number of furan rings is 1. The summed E-state index contributed by atoms with van der Waals surface area (Å²) < 4.78 is 16.9. The highest BCUT2D eigenvalue weighted by Gasteiger charge is 2.16. The number of aryl methyl sites for hydroxylation is 2. The zero-order valence-electron chi connectivity index (χ0n) is 16.9. The molecule has 0 unspecified atom stereocenters. The minimum absolute atomic E-state index is 0.131. The number of esters is 1. The van der Waals surface area contributed by atoms with Gasteiger partial charge in [0.2, 0.25) is 0 Å². The molecule has 0 aliphatic carbocycles. The summed E-state index contributed by atoms with van der Waals surface area (Å²) in [6, 6.07) is 14.0. The summed E-state index contributed by atoms with van der Waals surface area (Å²) in [5, 5.41) is 3.06. The van der Waals surface area contributed by atoms with Crippen molar-refractivity contribution in [2.24, 2.45) is 0 Å². The van der Waals surface area contributed by atoms with Crippen LogP contribution in [-0.2, 0) is 0 Å². The standard InChI is InChI=1S/C24H20O5S/c1-4-27-20-13-17(12-19(25)22-14(2)28-15(3)23(20)22)16-7-9-18(10-8-16)29-24(26)21-6-5-11-30-21/h5-13H,4H2,1-3H3. The van der Waals surface area contributed by atoms with Gasteiger partial charge in [-0.25, -0.2) is 4.79 Å². The number of carbonyl (C=O) groups is 1. The molecular weight excluding hydrogens is 400 g/mol. The van der Waals surface area contributed by atoms with E-state index in [0.29, 0.717) is 45.3 Å². The van der Waals surface area contributed by atoms with Gasteiger partial charge in [0.1, 0.15) is 27.9 Å². The number of thiophene rings is 1. The fourth-order valence-electron chi connectivity index (χ4n) is 3.45. The van der Waals surface area contributed by atoms with E-state index >= 15 is 0 Å². The third-order valence-electron chi connectivity index (χ3n) is 4.75. The molecule has 6 heteroatoms. The average molecular weight is 420 g/mol. The molecule has 0 aliphatic heterocycles. The first-order valence-electron chi connectivity index (χ1n) is 9.55. The lowest BCUT2D eigenvalue weighted by Gasteiger charge is -2.06. The highest BCUT2D eigenvalue weighted by Crippen LogP contribution is 2.33. The van der Waals surface area contributed by atoms with Crippen LogP contribution in [0, 0.1) is 13.8 Å². The topological polar surface area (TPSA) is 65.7 Å². The van der Waals surface area contributed by atoms with Gasteiger partial charge in [-0.1, -0.05) is 18.2 Å². The van der Waals surface area contributed by atoms with Crippen LogP contribution >= 0.6 is 11.3 Å². The van der Waals surface area contributed by atoms with E-state index in [1.165, 1.54) is 11.3 Å². The van der Waals surface area contributed by atoms with Crippen LogP contribution in [0.5, 0.6) is 11.5 Å². The first kappa shape index (κ1) is 19.9. The fourth-order valence-corrected chi connectivity index (χ4v) is 4.05. The molecule has 152 valence electrons. The Kier molecular flexibility index (Phi) is 5.42. The fraction of sp³-hybridized carbons (Fsp3) is 0.167. The number of benzene rings is 1. The Morgan fingerprint density at radius 3 is 2.40 bits per heavy atom. The quantitative estimate of drug-likeness (QED) is 0.303. The molecule has 0 aliphatic rings. The maximum absolute atomic E-state index is 12.9. The van der Waals surface area contributed by atoms with E-state index in [0.717, 1.165) is 11.1 Å². The van der Waals surface area contributed by atoms with Crippen molar-refractivity contribution >= 4 is 28.1 Å². The van der Waals surface area contributed by atoms with Gasteiger partial charge in [-0.15, -0.1) is 11.3 Å². The Balaban J connectivity index is 1.74. The summed E-state index contributed by atoms with van der Waals surface area (Å²) in [6.07, 6.45) is 0. The molecule has 0 radical (unpaired) electrons. The second-order valence-electron chi connectivity index (χ2n) is 6.76. The maximum atomic E-state index is 12.9. The van der Waals surface area contributed by atoms with Crippen LogP contribution in [0.3, 0.4) is 0 Å². The summed E-state index contributed by atoms with van der Waals surface area (Å²) in [7, 11) is 0. The first-order valence-corrected chi connectivity index (χ1v) is 10.4. The Morgan fingerprint density at radius 1 is 1.00 bits per heavy atom. The molecule has 0 saturated heterocycles. The summed E-state index contributed by atoms with van der Waals surface area (Å²) in [5.41, 5.74) is 1.40. The second-order valence-corrected chi connectivity index (χ2v) is 7.71. The highest BCUT2D eigenvalue weighted by atomic mass is 32.1. The Morgan fingerprint density at radius 2 is 1.73 bits per heavy atom. The minimum Gasteiger partial charge on any atom is -0.493 e. The lowest BCUT2D eigenvalue weighted by Crippen LogP contribution is -2.06. The van der Waals surface area contributed by atoms with Crippen LogP contribution in [0.2, 0.25) is 0 Å². The molecule has 4 aromatic rings. The van der Waals surface area contributed by atoms with Crippen molar-refractivity contribution in [1.82, 2.24) is 0 Å². The van der Waals surface area contributed by atoms with Gasteiger partial charge in [-0.05, 0) is 67.6 Å². The van der Waals surface area contributed by atoms with Crippen molar-refractivity contribution in [3.63, 3.8) is 0 Å². The van der Waals surface area contributed by atoms with E-state index in [-0.39, 0.29) is 5.43 Å². The van der Waals surface area contributed by atoms with E-state index in [1.807, 2.05) is 37.4 Å². The number of ether oxygens (including phenoxy) is 2. The largest absolute Gasteiger partial charge is 0.493 e. The molecule has 0 spiro atoms. The molecule has 5 nitrogen and oxygen atoms in total. The van der Waals surface area contributed by atoms with E-state index in [2.05, 4.69) is 0 Å². The minimum atomic E-state index is -0.391. The second kappa shape index (κ2) is 8.16. The number of hydrogen-bond donors (Lipinski definition) is 0. The third kappa shape index (κ3) is 3.74. The smallest absolute Gasteiger partial charge is 0.353 e. The Hall–Kier alpha value is -3.38. The average Bonchev–Trinajstić information content (AvgIpc) is 3.32. The van der Waals surface area contributed by atoms with E-state index in [1.54, 1.807) is 37.3 Å². The molecule has 2 aromatic carbocycles. The Bertz CT molecular complexity index is 1270. The summed E-state index contributed by atoms with van der Waals surface area (Å²) in [6.45, 7) is 5.97. The number of rotatable bonds is 5. The molecule has 0 atom stereocenters. The van der Waals surface area contributed by atoms with Crippen LogP contribution in [0.1, 0.15) is 28.1 Å². The van der Waals surface area contributed by atoms with Crippen molar-refractivity contribution in [2.75, 3.05) is 6.61 Å². The molecule has 30 heavy (non-hydrogen) atoms. The van der Waals surface area contributed by atoms with Gasteiger partial charge in [0.05, 0.1) is 17.4 Å². The molecule has 4 rings (SSSR count). The van der Waals surface area contributed by atoms with Gasteiger partial charge in [0, 0.05) is 0 Å². The monoisotopic (exact) mass is 420 g/mol. The van der Waals surface area contributed by atoms with Gasteiger partial charge in [0.25, 0.3) is 0 Å². The van der Waals surface area contributed by atoms with Gasteiger partial charge < -0.3 is 13.9 Å². The SMILES string of the molecule is CCOc1cc(-c2ccc(OC(=O)c3cccs3)cc2)cc(=O)c2c(C)oc(C)c12. The molecule has 2 aromatic heterocycles. The normalized spacial score (nSPS) is 10.9. The zero-order valence-corrected chi connectivity index (χ0v) is 17.7. The predicted molar refractivity (Wildman–Crippen MR) is 118 cm³/mol. The van der Waals surface area contributed by atoms with Crippen molar-refractivity contribution < 1.29 is 18.7 Å². The number of hydrogen-bond acceptors (Lipinski definition) is 6. The lowest BCUT2D eigenvalue weighted by molar-refractivity contribution is 0.0740.